The number of nitrogens with zero attached hydrogens (tertiary/aromatic N) is 2. The summed E-state index contributed by atoms with van der Waals surface area (Å²) in [6.07, 6.45) is 0.980. The van der Waals surface area contributed by atoms with Crippen molar-refractivity contribution in [3.63, 3.8) is 0 Å². The smallest absolute Gasteiger partial charge is 0.337 e. The molecular weight excluding hydrogens is 729 g/mol. The van der Waals surface area contributed by atoms with Crippen molar-refractivity contribution >= 4 is 79.3 Å². The number of carbonyl (C=O) groups is 2. The number of aromatic nitrogens is 1. The average molecular weight is 754 g/mol. The molecule has 0 saturated carbocycles. The zero-order valence-corrected chi connectivity index (χ0v) is 26.0. The van der Waals surface area contributed by atoms with E-state index in [1.807, 2.05) is 63.9 Å². The fourth-order valence-electron chi connectivity index (χ4n) is 5.14. The first-order chi connectivity index (χ1) is 18.4. The molecule has 4 aromatic rings. The highest BCUT2D eigenvalue weighted by Crippen LogP contribution is 2.46. The van der Waals surface area contributed by atoms with Gasteiger partial charge in [0.2, 0.25) is 0 Å². The van der Waals surface area contributed by atoms with Gasteiger partial charge in [-0.3, -0.25) is 9.78 Å². The third-order valence-corrected chi connectivity index (χ3v) is 7.60. The van der Waals surface area contributed by atoms with Crippen LogP contribution in [0.1, 0.15) is 53.9 Å². The van der Waals surface area contributed by atoms with E-state index >= 15 is 4.39 Å². The zero-order valence-electron chi connectivity index (χ0n) is 21.6. The molecule has 10 heteroatoms. The van der Waals surface area contributed by atoms with Crippen LogP contribution in [0.25, 0.3) is 32.8 Å². The number of aliphatic carboxylic acids is 1. The molecule has 0 saturated heterocycles. The summed E-state index contributed by atoms with van der Waals surface area (Å²) in [5.41, 5.74) is 2.67. The number of benzene rings is 3. The molecular formula is C29H25FI2N2O5. The van der Waals surface area contributed by atoms with E-state index in [2.05, 4.69) is 4.98 Å². The number of hydrogen-bond acceptors (Lipinski definition) is 5. The molecule has 2 heterocycles. The van der Waals surface area contributed by atoms with E-state index in [9.17, 15) is 14.7 Å². The van der Waals surface area contributed by atoms with E-state index in [-0.39, 0.29) is 22.4 Å². The number of pyridine rings is 1. The Balaban J connectivity index is 1.93. The Kier molecular flexibility index (Phi) is 7.48. The Hall–Kier alpha value is -2.58. The molecule has 1 N–H and O–H groups in total. The maximum absolute atomic E-state index is 16.1. The zero-order chi connectivity index (χ0) is 28.2. The third-order valence-electron chi connectivity index (χ3n) is 6.72. The molecule has 1 aliphatic rings. The Morgan fingerprint density at radius 1 is 1.15 bits per heavy atom. The van der Waals surface area contributed by atoms with Gasteiger partial charge in [-0.15, -0.1) is 0 Å². The van der Waals surface area contributed by atoms with Crippen LogP contribution in [0.2, 0.25) is 0 Å². The highest BCUT2D eigenvalue weighted by Gasteiger charge is 2.34. The van der Waals surface area contributed by atoms with Crippen LogP contribution in [-0.2, 0) is 16.0 Å². The number of fused-ring (bicyclic) bond motifs is 1. The summed E-state index contributed by atoms with van der Waals surface area (Å²) in [6, 6.07) is 10.4. The van der Waals surface area contributed by atoms with Crippen molar-refractivity contribution in [2.24, 2.45) is 0 Å². The van der Waals surface area contributed by atoms with Crippen LogP contribution in [-0.4, -0.2) is 35.5 Å². The van der Waals surface area contributed by atoms with Crippen molar-refractivity contribution in [2.75, 3.05) is 6.61 Å². The minimum absolute atomic E-state index is 0.135. The number of halogens is 3. The van der Waals surface area contributed by atoms with Gasteiger partial charge in [0.15, 0.2) is 6.10 Å². The first-order valence-corrected chi connectivity index (χ1v) is 14.2. The van der Waals surface area contributed by atoms with Crippen LogP contribution in [0.5, 0.6) is 5.75 Å². The quantitative estimate of drug-likeness (QED) is 0.168. The summed E-state index contributed by atoms with van der Waals surface area (Å²) in [5.74, 6) is -1.43. The van der Waals surface area contributed by atoms with Crippen molar-refractivity contribution in [1.29, 1.82) is 0 Å². The number of carboxylic acid groups (broad SMARTS) is 1. The number of rotatable bonds is 5. The van der Waals surface area contributed by atoms with Crippen LogP contribution in [0.4, 0.5) is 4.39 Å². The van der Waals surface area contributed by atoms with Gasteiger partial charge >= 0.3 is 5.97 Å². The Bertz CT molecular complexity index is 1660. The van der Waals surface area contributed by atoms with Crippen molar-refractivity contribution < 1.29 is 28.6 Å². The van der Waals surface area contributed by atoms with Gasteiger partial charge in [-0.2, -0.15) is 0 Å². The molecule has 39 heavy (non-hydrogen) atoms. The third kappa shape index (κ3) is 5.06. The lowest BCUT2D eigenvalue weighted by Gasteiger charge is -2.29. The predicted octanol–water partition coefficient (Wildman–Crippen LogP) is 7.52. The summed E-state index contributed by atoms with van der Waals surface area (Å²) < 4.78 is 29.5. The van der Waals surface area contributed by atoms with E-state index in [1.165, 1.54) is 7.39 Å². The number of hydrogen-bond donors (Lipinski definition) is 1. The van der Waals surface area contributed by atoms with Crippen LogP contribution in [0, 0.1) is 12.7 Å². The Morgan fingerprint density at radius 3 is 2.56 bits per heavy atom. The van der Waals surface area contributed by atoms with Crippen LogP contribution in [0.15, 0.2) is 42.6 Å². The summed E-state index contributed by atoms with van der Waals surface area (Å²) in [6.45, 7) is 7.38. The lowest BCUT2D eigenvalue weighted by atomic mass is 9.84. The first kappa shape index (κ1) is 28.0. The van der Waals surface area contributed by atoms with Crippen LogP contribution >= 0.6 is 45.7 Å². The fourth-order valence-corrected chi connectivity index (χ4v) is 5.69. The number of amides is 1. The van der Waals surface area contributed by atoms with Gasteiger partial charge in [0.25, 0.3) is 5.91 Å². The largest absolute Gasteiger partial charge is 0.493 e. The topological polar surface area (TPSA) is 89.0 Å². The molecule has 1 aromatic heterocycles. The van der Waals surface area contributed by atoms with Crippen molar-refractivity contribution in [2.45, 2.75) is 45.8 Å². The van der Waals surface area contributed by atoms with Crippen molar-refractivity contribution in [3.05, 3.63) is 70.7 Å². The second-order valence-corrected chi connectivity index (χ2v) is 14.2. The second kappa shape index (κ2) is 10.4. The van der Waals surface area contributed by atoms with E-state index < -0.39 is 23.5 Å². The molecule has 0 spiro atoms. The normalized spacial score (nSPS) is 13.8. The Morgan fingerprint density at radius 2 is 1.90 bits per heavy atom. The van der Waals surface area contributed by atoms with E-state index in [0.29, 0.717) is 46.4 Å². The molecule has 0 unspecified atom stereocenters. The summed E-state index contributed by atoms with van der Waals surface area (Å²) in [7, 11) is 0. The first-order valence-electron chi connectivity index (χ1n) is 12.2. The Labute approximate surface area is 252 Å². The molecule has 0 aliphatic carbocycles. The minimum Gasteiger partial charge on any atom is -0.493 e. The molecule has 5 rings (SSSR count). The lowest BCUT2D eigenvalue weighted by molar-refractivity contribution is -0.160. The highest BCUT2D eigenvalue weighted by atomic mass is 127. The second-order valence-electron chi connectivity index (χ2n) is 10.4. The van der Waals surface area contributed by atoms with Gasteiger partial charge in [-0.25, -0.2) is 10.5 Å². The molecule has 0 fully saturated rings. The van der Waals surface area contributed by atoms with E-state index in [4.69, 9.17) is 9.47 Å². The molecule has 202 valence electrons. The molecule has 1 aliphatic heterocycles. The summed E-state index contributed by atoms with van der Waals surface area (Å²) >= 11 is 3.72. The molecule has 0 radical (unpaired) electrons. The van der Waals surface area contributed by atoms with Crippen molar-refractivity contribution in [3.8, 4) is 16.9 Å². The minimum atomic E-state index is -1.46. The molecule has 3 aromatic carbocycles. The fraction of sp³-hybridized carbons (Fsp3) is 0.276. The summed E-state index contributed by atoms with van der Waals surface area (Å²) in [4.78, 5) is 30.1. The van der Waals surface area contributed by atoms with Gasteiger partial charge in [0.1, 0.15) is 11.6 Å². The monoisotopic (exact) mass is 754 g/mol. The number of ether oxygens (including phenoxy) is 2. The maximum Gasteiger partial charge on any atom is 0.337 e. The van der Waals surface area contributed by atoms with Crippen molar-refractivity contribution in [1.82, 2.24) is 6.31 Å². The van der Waals surface area contributed by atoms with Gasteiger partial charge in [-0.05, 0) is 80.1 Å². The van der Waals surface area contributed by atoms with E-state index in [0.717, 1.165) is 10.9 Å². The van der Waals surface area contributed by atoms with Crippen LogP contribution in [0.3, 0.4) is 0 Å². The SMILES string of the molecule is Cc1c([C@H](OC(C)(C)C)C(=O)O)c(-c2ccc3c4c(ccnc24)CCO3)c2ccc(C(=O)N(I)I)cc2c1F. The average Bonchev–Trinajstić information content (AvgIpc) is 2.89. The molecule has 7 nitrogen and oxygen atoms in total. The number of carbonyl (C=O) groups excluding carboxylic acids is 1. The molecule has 1 amide bonds. The predicted molar refractivity (Wildman–Crippen MR) is 164 cm³/mol. The van der Waals surface area contributed by atoms with E-state index in [1.54, 1.807) is 46.0 Å². The standard InChI is InChI=1S/C29H25FI2N2O5/c1-14-21(26(28(36)37)39-29(2,3)4)23(17-6-5-16(27(35)34(31)32)13-19(17)24(14)30)18-7-8-20-22-15(10-12-38-20)9-11-33-25(18)22/h5-9,11,13,26H,10,12H2,1-4H3,(H,36,37)/t26-/m0/s1. The highest BCUT2D eigenvalue weighted by molar-refractivity contribution is 14.2. The lowest BCUT2D eigenvalue weighted by Crippen LogP contribution is -2.28. The number of carboxylic acids is 1. The maximum atomic E-state index is 16.1. The van der Waals surface area contributed by atoms with Crippen LogP contribution < -0.4 is 4.74 Å². The molecule has 0 bridgehead atoms. The van der Waals surface area contributed by atoms with Gasteiger partial charge < -0.3 is 14.6 Å². The summed E-state index contributed by atoms with van der Waals surface area (Å²) in [5, 5.41) is 11.9. The van der Waals surface area contributed by atoms with Gasteiger partial charge in [-0.1, -0.05) is 6.07 Å². The van der Waals surface area contributed by atoms with Gasteiger partial charge in [0, 0.05) is 40.1 Å². The van der Waals surface area contributed by atoms with Gasteiger partial charge in [0.05, 0.1) is 63.5 Å². The molecule has 1 atom stereocenters.